The van der Waals surface area contributed by atoms with Crippen LogP contribution in [-0.4, -0.2) is 55.6 Å². The number of benzene rings is 2. The van der Waals surface area contributed by atoms with E-state index in [-0.39, 0.29) is 18.0 Å². The van der Waals surface area contributed by atoms with Crippen LogP contribution in [0.25, 0.3) is 0 Å². The maximum absolute atomic E-state index is 13.7. The van der Waals surface area contributed by atoms with Crippen LogP contribution in [0.4, 0.5) is 4.79 Å². The summed E-state index contributed by atoms with van der Waals surface area (Å²) in [6.45, 7) is 12.1. The SMILES string of the molecule is C=C[C@@H](CN([C@@H](C=C)COC(=O)c1ccccc1)S(=O)(=O)c1ccc(Br)cc1)NC(=O)OC(C)(C)C. The molecule has 0 aliphatic rings. The fraction of sp³-hybridized carbons (Fsp3) is 0.308. The van der Waals surface area contributed by atoms with Gasteiger partial charge in [-0.2, -0.15) is 4.31 Å². The quantitative estimate of drug-likeness (QED) is 0.299. The Morgan fingerprint density at radius 3 is 2.19 bits per heavy atom. The molecule has 1 N–H and O–H groups in total. The number of hydrogen-bond acceptors (Lipinski definition) is 6. The Kier molecular flexibility index (Phi) is 10.4. The maximum atomic E-state index is 13.7. The summed E-state index contributed by atoms with van der Waals surface area (Å²) in [5.41, 5.74) is -0.410. The molecule has 2 aromatic carbocycles. The van der Waals surface area contributed by atoms with Gasteiger partial charge in [0.25, 0.3) is 0 Å². The van der Waals surface area contributed by atoms with Gasteiger partial charge >= 0.3 is 12.1 Å². The van der Waals surface area contributed by atoms with Crippen LogP contribution < -0.4 is 5.32 Å². The van der Waals surface area contributed by atoms with Gasteiger partial charge in [0.05, 0.1) is 22.5 Å². The largest absolute Gasteiger partial charge is 0.460 e. The summed E-state index contributed by atoms with van der Waals surface area (Å²) >= 11 is 3.30. The first kappa shape index (κ1) is 29.3. The van der Waals surface area contributed by atoms with E-state index in [1.54, 1.807) is 63.2 Å². The molecular weight excluding hydrogens is 548 g/mol. The lowest BCUT2D eigenvalue weighted by molar-refractivity contribution is 0.0445. The standard InChI is InChI=1S/C26H31BrN2O6S/c1-6-21(28-25(31)35-26(3,4)5)17-29(36(32,33)23-15-13-20(27)14-16-23)22(7-2)18-34-24(30)19-11-9-8-10-12-19/h6-16,21-22H,1-2,17-18H2,3-5H3,(H,28,31)/t21-,22-/m0/s1. The van der Waals surface area contributed by atoms with E-state index < -0.39 is 39.8 Å². The molecule has 0 fully saturated rings. The van der Waals surface area contributed by atoms with Crippen LogP contribution in [0.5, 0.6) is 0 Å². The first-order valence-corrected chi connectivity index (χ1v) is 13.3. The van der Waals surface area contributed by atoms with E-state index in [1.165, 1.54) is 24.3 Å². The molecule has 2 atom stereocenters. The summed E-state index contributed by atoms with van der Waals surface area (Å²) in [6, 6.07) is 12.7. The highest BCUT2D eigenvalue weighted by Crippen LogP contribution is 2.22. The fourth-order valence-electron chi connectivity index (χ4n) is 3.07. The second-order valence-corrected chi connectivity index (χ2v) is 11.6. The van der Waals surface area contributed by atoms with Crippen molar-refractivity contribution in [2.75, 3.05) is 13.2 Å². The maximum Gasteiger partial charge on any atom is 0.408 e. The molecule has 2 rings (SSSR count). The molecule has 0 bridgehead atoms. The Morgan fingerprint density at radius 2 is 1.67 bits per heavy atom. The zero-order valence-corrected chi connectivity index (χ0v) is 22.9. The Balaban J connectivity index is 2.34. The number of hydrogen-bond donors (Lipinski definition) is 1. The molecule has 194 valence electrons. The number of nitrogens with zero attached hydrogens (tertiary/aromatic N) is 1. The minimum Gasteiger partial charge on any atom is -0.460 e. The second-order valence-electron chi connectivity index (χ2n) is 8.78. The number of carbonyl (C=O) groups is 2. The van der Waals surface area contributed by atoms with E-state index in [0.717, 1.165) is 4.31 Å². The Bertz CT molecular complexity index is 1160. The predicted molar refractivity (Wildman–Crippen MR) is 142 cm³/mol. The summed E-state index contributed by atoms with van der Waals surface area (Å²) in [5, 5.41) is 2.62. The van der Waals surface area contributed by atoms with Crippen LogP contribution in [0.1, 0.15) is 31.1 Å². The molecule has 8 nitrogen and oxygen atoms in total. The normalized spacial score (nSPS) is 13.4. The second kappa shape index (κ2) is 12.8. The molecule has 2 aromatic rings. The average molecular weight is 580 g/mol. The zero-order chi connectivity index (χ0) is 26.9. The van der Waals surface area contributed by atoms with Crippen LogP contribution in [-0.2, 0) is 19.5 Å². The average Bonchev–Trinajstić information content (AvgIpc) is 2.82. The molecular formula is C26H31BrN2O6S. The van der Waals surface area contributed by atoms with Crippen LogP contribution in [0.2, 0.25) is 0 Å². The number of ether oxygens (including phenoxy) is 2. The van der Waals surface area contributed by atoms with Crippen LogP contribution >= 0.6 is 15.9 Å². The third-order valence-electron chi connectivity index (χ3n) is 4.82. The van der Waals surface area contributed by atoms with Gasteiger partial charge in [-0.1, -0.05) is 46.3 Å². The van der Waals surface area contributed by atoms with Crippen LogP contribution in [0.15, 0.2) is 89.3 Å². The molecule has 10 heteroatoms. The van der Waals surface area contributed by atoms with Crippen molar-refractivity contribution in [3.8, 4) is 0 Å². The van der Waals surface area contributed by atoms with E-state index in [1.807, 2.05) is 0 Å². The molecule has 0 saturated carbocycles. The Labute approximate surface area is 221 Å². The van der Waals surface area contributed by atoms with Crippen molar-refractivity contribution in [1.82, 2.24) is 9.62 Å². The highest BCUT2D eigenvalue weighted by Gasteiger charge is 2.33. The number of amides is 1. The molecule has 0 unspecified atom stereocenters. The number of alkyl carbamates (subject to hydrolysis) is 1. The smallest absolute Gasteiger partial charge is 0.408 e. The number of carbonyl (C=O) groups excluding carboxylic acids is 2. The lowest BCUT2D eigenvalue weighted by Crippen LogP contribution is -2.50. The molecule has 0 saturated heterocycles. The molecule has 0 aromatic heterocycles. The molecule has 0 heterocycles. The van der Waals surface area contributed by atoms with Crippen molar-refractivity contribution in [1.29, 1.82) is 0 Å². The van der Waals surface area contributed by atoms with Crippen molar-refractivity contribution in [2.45, 2.75) is 43.4 Å². The molecule has 1 amide bonds. The number of sulfonamides is 1. The highest BCUT2D eigenvalue weighted by molar-refractivity contribution is 9.10. The highest BCUT2D eigenvalue weighted by atomic mass is 79.9. The van der Waals surface area contributed by atoms with Gasteiger partial charge in [0, 0.05) is 11.0 Å². The summed E-state index contributed by atoms with van der Waals surface area (Å²) < 4.78 is 39.9. The summed E-state index contributed by atoms with van der Waals surface area (Å²) in [4.78, 5) is 24.8. The molecule has 36 heavy (non-hydrogen) atoms. The van der Waals surface area contributed by atoms with Gasteiger partial charge < -0.3 is 14.8 Å². The van der Waals surface area contributed by atoms with Gasteiger partial charge in [-0.25, -0.2) is 18.0 Å². The van der Waals surface area contributed by atoms with Crippen molar-refractivity contribution in [3.63, 3.8) is 0 Å². The van der Waals surface area contributed by atoms with Crippen LogP contribution in [0, 0.1) is 0 Å². The molecule has 0 aliphatic carbocycles. The molecule has 0 aliphatic heterocycles. The third kappa shape index (κ3) is 8.61. The number of esters is 1. The van der Waals surface area contributed by atoms with E-state index in [2.05, 4.69) is 34.4 Å². The van der Waals surface area contributed by atoms with Crippen molar-refractivity contribution in [3.05, 3.63) is 89.9 Å². The molecule has 0 radical (unpaired) electrons. The van der Waals surface area contributed by atoms with Crippen molar-refractivity contribution >= 4 is 38.0 Å². The zero-order valence-electron chi connectivity index (χ0n) is 20.5. The number of halogens is 1. The lowest BCUT2D eigenvalue weighted by Gasteiger charge is -2.31. The number of rotatable bonds is 11. The topological polar surface area (TPSA) is 102 Å². The van der Waals surface area contributed by atoms with E-state index in [4.69, 9.17) is 9.47 Å². The summed E-state index contributed by atoms with van der Waals surface area (Å²) in [7, 11) is -4.11. The first-order valence-electron chi connectivity index (χ1n) is 11.1. The van der Waals surface area contributed by atoms with Gasteiger partial charge in [0.15, 0.2) is 0 Å². The fourth-order valence-corrected chi connectivity index (χ4v) is 4.95. The van der Waals surface area contributed by atoms with Crippen molar-refractivity contribution in [2.24, 2.45) is 0 Å². The van der Waals surface area contributed by atoms with Gasteiger partial charge in [-0.3, -0.25) is 0 Å². The first-order chi connectivity index (χ1) is 16.9. The summed E-state index contributed by atoms with van der Waals surface area (Å²) in [5.74, 6) is -0.601. The van der Waals surface area contributed by atoms with Gasteiger partial charge in [0.1, 0.15) is 12.2 Å². The minimum absolute atomic E-state index is 0.0204. The lowest BCUT2D eigenvalue weighted by atomic mass is 10.2. The summed E-state index contributed by atoms with van der Waals surface area (Å²) in [6.07, 6.45) is 2.06. The van der Waals surface area contributed by atoms with Gasteiger partial charge in [-0.05, 0) is 57.2 Å². The van der Waals surface area contributed by atoms with E-state index >= 15 is 0 Å². The minimum atomic E-state index is -4.11. The van der Waals surface area contributed by atoms with Gasteiger partial charge in [0.2, 0.25) is 10.0 Å². The van der Waals surface area contributed by atoms with Gasteiger partial charge in [-0.15, -0.1) is 13.2 Å². The monoisotopic (exact) mass is 578 g/mol. The van der Waals surface area contributed by atoms with E-state index in [9.17, 15) is 18.0 Å². The van der Waals surface area contributed by atoms with E-state index in [0.29, 0.717) is 10.0 Å². The predicted octanol–water partition coefficient (Wildman–Crippen LogP) is 4.93. The Morgan fingerprint density at radius 1 is 1.06 bits per heavy atom. The molecule has 0 spiro atoms. The number of nitrogens with one attached hydrogen (secondary N) is 1. The Hall–Kier alpha value is -2.95. The van der Waals surface area contributed by atoms with Crippen LogP contribution in [0.3, 0.4) is 0 Å². The van der Waals surface area contributed by atoms with Crippen molar-refractivity contribution < 1.29 is 27.5 Å². The third-order valence-corrected chi connectivity index (χ3v) is 7.25.